The summed E-state index contributed by atoms with van der Waals surface area (Å²) in [7, 11) is 2.80. The average Bonchev–Trinajstić information content (AvgIpc) is 3.53. The molecule has 3 heterocycles. The van der Waals surface area contributed by atoms with Crippen LogP contribution < -0.4 is 0 Å². The van der Waals surface area contributed by atoms with Gasteiger partial charge in [-0.2, -0.15) is 0 Å². The van der Waals surface area contributed by atoms with Crippen molar-refractivity contribution in [3.8, 4) is 11.3 Å². The highest BCUT2D eigenvalue weighted by atomic mass is 16.5. The van der Waals surface area contributed by atoms with Gasteiger partial charge in [0, 0.05) is 28.5 Å². The molecule has 0 bridgehead atoms. The number of benzene rings is 2. The van der Waals surface area contributed by atoms with Gasteiger partial charge in [0.25, 0.3) is 0 Å². The van der Waals surface area contributed by atoms with Gasteiger partial charge in [-0.05, 0) is 48.1 Å². The molecule has 0 spiro atoms. The van der Waals surface area contributed by atoms with Gasteiger partial charge in [-0.15, -0.1) is 0 Å². The number of aryl methyl sites for hydroxylation is 1. The minimum Gasteiger partial charge on any atom is -0.469 e. The highest BCUT2D eigenvalue weighted by molar-refractivity contribution is 6.01. The van der Waals surface area contributed by atoms with Crippen LogP contribution in [0.3, 0.4) is 0 Å². The maximum Gasteiger partial charge on any atom is 0.337 e. The van der Waals surface area contributed by atoms with Crippen molar-refractivity contribution < 1.29 is 23.5 Å². The molecule has 39 heavy (non-hydrogen) atoms. The second-order valence-corrected chi connectivity index (χ2v) is 10.4. The molecule has 0 atom stereocenters. The van der Waals surface area contributed by atoms with Crippen molar-refractivity contribution in [1.29, 1.82) is 0 Å². The van der Waals surface area contributed by atoms with E-state index >= 15 is 0 Å². The molecule has 0 N–H and O–H groups in total. The number of hydrogen-bond donors (Lipinski definition) is 0. The molecular weight excluding hydrogens is 492 g/mol. The van der Waals surface area contributed by atoms with Gasteiger partial charge >= 0.3 is 11.9 Å². The van der Waals surface area contributed by atoms with Crippen molar-refractivity contribution in [2.45, 2.75) is 57.4 Å². The molecule has 1 saturated carbocycles. The predicted octanol–water partition coefficient (Wildman–Crippen LogP) is 6.79. The van der Waals surface area contributed by atoms with E-state index in [-0.39, 0.29) is 18.4 Å². The van der Waals surface area contributed by atoms with Crippen LogP contribution >= 0.6 is 0 Å². The van der Waals surface area contributed by atoms with Gasteiger partial charge < -0.3 is 18.5 Å². The number of ether oxygens (including phenoxy) is 2. The van der Waals surface area contributed by atoms with Crippen LogP contribution in [0.4, 0.5) is 0 Å². The number of aromatic nitrogens is 2. The normalized spacial score (nSPS) is 15.3. The summed E-state index contributed by atoms with van der Waals surface area (Å²) in [6.45, 7) is 0.537. The lowest BCUT2D eigenvalue weighted by Gasteiger charge is -2.24. The summed E-state index contributed by atoms with van der Waals surface area (Å²) in [6, 6.07) is 14.4. The average molecular weight is 525 g/mol. The summed E-state index contributed by atoms with van der Waals surface area (Å²) in [5.41, 5.74) is 7.32. The summed E-state index contributed by atoms with van der Waals surface area (Å²) in [5.74, 6) is 1.00. The van der Waals surface area contributed by atoms with E-state index in [1.165, 1.54) is 55.7 Å². The summed E-state index contributed by atoms with van der Waals surface area (Å²) in [5, 5.41) is 1.19. The zero-order valence-electron chi connectivity index (χ0n) is 22.4. The first-order valence-corrected chi connectivity index (χ1v) is 13.6. The SMILES string of the molecule is COC(=O)CCc1cnc(C2=Cc3ccccc3-c3c(C4CCCCC4)c4ccc(C(=O)OC)cc4n3C2)o1. The number of carbonyl (C=O) groups excluding carboxylic acids is 2. The van der Waals surface area contributed by atoms with Gasteiger partial charge in [-0.25, -0.2) is 9.78 Å². The summed E-state index contributed by atoms with van der Waals surface area (Å²) < 4.78 is 18.3. The molecule has 200 valence electrons. The van der Waals surface area contributed by atoms with E-state index in [1.54, 1.807) is 6.20 Å². The predicted molar refractivity (Wildman–Crippen MR) is 149 cm³/mol. The van der Waals surface area contributed by atoms with E-state index in [0.717, 1.165) is 29.5 Å². The van der Waals surface area contributed by atoms with Crippen LogP contribution in [0.25, 0.3) is 33.8 Å². The number of hydrogen-bond acceptors (Lipinski definition) is 6. The summed E-state index contributed by atoms with van der Waals surface area (Å²) in [4.78, 5) is 28.7. The Bertz CT molecular complexity index is 1590. The van der Waals surface area contributed by atoms with E-state index in [0.29, 0.717) is 36.1 Å². The highest BCUT2D eigenvalue weighted by Gasteiger charge is 2.30. The molecule has 4 aromatic rings. The number of oxazole rings is 1. The second-order valence-electron chi connectivity index (χ2n) is 10.4. The maximum atomic E-state index is 12.5. The van der Waals surface area contributed by atoms with Crippen LogP contribution in [0.2, 0.25) is 0 Å². The van der Waals surface area contributed by atoms with E-state index < -0.39 is 0 Å². The van der Waals surface area contributed by atoms with Crippen LogP contribution in [0.15, 0.2) is 53.1 Å². The minimum absolute atomic E-state index is 0.237. The van der Waals surface area contributed by atoms with Gasteiger partial charge in [0.2, 0.25) is 5.89 Å². The molecule has 0 amide bonds. The van der Waals surface area contributed by atoms with Gasteiger partial charge in [-0.1, -0.05) is 49.6 Å². The lowest BCUT2D eigenvalue weighted by Crippen LogP contribution is -2.07. The van der Waals surface area contributed by atoms with Crippen LogP contribution in [-0.2, 0) is 27.2 Å². The molecule has 2 aliphatic rings. The van der Waals surface area contributed by atoms with Crippen molar-refractivity contribution in [3.63, 3.8) is 0 Å². The largest absolute Gasteiger partial charge is 0.469 e. The van der Waals surface area contributed by atoms with Crippen molar-refractivity contribution in [1.82, 2.24) is 9.55 Å². The number of methoxy groups -OCH3 is 2. The Balaban J connectivity index is 1.52. The number of fused-ring (bicyclic) bond motifs is 5. The first-order chi connectivity index (χ1) is 19.1. The maximum absolute atomic E-state index is 12.5. The van der Waals surface area contributed by atoms with Crippen molar-refractivity contribution in [3.05, 3.63) is 77.0 Å². The first-order valence-electron chi connectivity index (χ1n) is 13.6. The molecule has 1 fully saturated rings. The standard InChI is InChI=1S/C32H32N2O5/c1-37-28(35)15-13-24-18-33-31(39-24)23-16-21-10-6-7-11-25(21)30-29(20-8-4-3-5-9-20)26-14-12-22(32(36)38-2)17-27(26)34(30)19-23/h6-7,10-12,14,16-18,20H,3-5,8-9,13,15,19H2,1-2H3. The Hall–Kier alpha value is -4.13. The number of allylic oxidation sites excluding steroid dienone is 1. The molecular formula is C32H32N2O5. The van der Waals surface area contributed by atoms with Crippen LogP contribution in [-0.4, -0.2) is 35.7 Å². The fraction of sp³-hybridized carbons (Fsp3) is 0.344. The summed E-state index contributed by atoms with van der Waals surface area (Å²) in [6.07, 6.45) is 10.6. The number of carbonyl (C=O) groups is 2. The third-order valence-corrected chi connectivity index (χ3v) is 8.04. The fourth-order valence-electron chi connectivity index (χ4n) is 6.15. The number of nitrogens with zero attached hydrogens (tertiary/aromatic N) is 2. The zero-order valence-corrected chi connectivity index (χ0v) is 22.4. The Morgan fingerprint density at radius 3 is 2.67 bits per heavy atom. The molecule has 1 aliphatic heterocycles. The quantitative estimate of drug-likeness (QED) is 0.258. The molecule has 0 saturated heterocycles. The lowest BCUT2D eigenvalue weighted by molar-refractivity contribution is -0.140. The molecule has 2 aromatic heterocycles. The highest BCUT2D eigenvalue weighted by Crippen LogP contribution is 2.47. The first kappa shape index (κ1) is 25.2. The summed E-state index contributed by atoms with van der Waals surface area (Å²) >= 11 is 0. The Labute approximate surface area is 227 Å². The molecule has 2 aromatic carbocycles. The zero-order chi connectivity index (χ0) is 26.9. The third-order valence-electron chi connectivity index (χ3n) is 8.04. The lowest BCUT2D eigenvalue weighted by atomic mass is 9.81. The molecule has 6 rings (SSSR count). The number of rotatable bonds is 6. The van der Waals surface area contributed by atoms with Crippen molar-refractivity contribution >= 4 is 34.5 Å². The van der Waals surface area contributed by atoms with Gasteiger partial charge in [0.05, 0.1) is 44.6 Å². The number of esters is 2. The molecule has 7 nitrogen and oxygen atoms in total. The minimum atomic E-state index is -0.348. The monoisotopic (exact) mass is 524 g/mol. The molecule has 0 radical (unpaired) electrons. The van der Waals surface area contributed by atoms with Crippen molar-refractivity contribution in [2.75, 3.05) is 14.2 Å². The Morgan fingerprint density at radius 1 is 1.05 bits per heavy atom. The van der Waals surface area contributed by atoms with Gasteiger partial charge in [0.15, 0.2) is 0 Å². The van der Waals surface area contributed by atoms with Gasteiger partial charge in [-0.3, -0.25) is 4.79 Å². The van der Waals surface area contributed by atoms with Gasteiger partial charge in [0.1, 0.15) is 5.76 Å². The third kappa shape index (κ3) is 4.67. The van der Waals surface area contributed by atoms with E-state index in [4.69, 9.17) is 13.9 Å². The second kappa shape index (κ2) is 10.6. The van der Waals surface area contributed by atoms with E-state index in [1.807, 2.05) is 12.1 Å². The van der Waals surface area contributed by atoms with Crippen LogP contribution in [0.5, 0.6) is 0 Å². The van der Waals surface area contributed by atoms with Crippen LogP contribution in [0.1, 0.15) is 77.6 Å². The van der Waals surface area contributed by atoms with Crippen LogP contribution in [0, 0.1) is 0 Å². The smallest absolute Gasteiger partial charge is 0.337 e. The Morgan fingerprint density at radius 2 is 1.87 bits per heavy atom. The molecule has 7 heteroatoms. The molecule has 0 unspecified atom stereocenters. The van der Waals surface area contributed by atoms with E-state index in [2.05, 4.69) is 46.0 Å². The topological polar surface area (TPSA) is 83.6 Å². The fourth-order valence-corrected chi connectivity index (χ4v) is 6.15. The molecule has 1 aliphatic carbocycles. The van der Waals surface area contributed by atoms with E-state index in [9.17, 15) is 9.59 Å². The van der Waals surface area contributed by atoms with Crippen molar-refractivity contribution in [2.24, 2.45) is 0 Å². The Kier molecular flexibility index (Phi) is 6.81.